The van der Waals surface area contributed by atoms with Crippen LogP contribution in [0.15, 0.2) is 35.3 Å². The summed E-state index contributed by atoms with van der Waals surface area (Å²) in [7, 11) is 1.47. The first kappa shape index (κ1) is 23.2. The number of hydrogen-bond acceptors (Lipinski definition) is 4. The quantitative estimate of drug-likeness (QED) is 0.480. The van der Waals surface area contributed by atoms with E-state index in [2.05, 4.69) is 48.3 Å². The van der Waals surface area contributed by atoms with Crippen molar-refractivity contribution in [3.05, 3.63) is 35.9 Å². The van der Waals surface area contributed by atoms with E-state index in [9.17, 15) is 4.79 Å². The molecule has 0 radical (unpaired) electrons. The van der Waals surface area contributed by atoms with E-state index < -0.39 is 0 Å². The average Bonchev–Trinajstić information content (AvgIpc) is 2.72. The third kappa shape index (κ3) is 6.74. The van der Waals surface area contributed by atoms with Crippen molar-refractivity contribution < 1.29 is 14.3 Å². The topological polar surface area (TPSA) is 63.2 Å². The van der Waals surface area contributed by atoms with Gasteiger partial charge in [0.05, 0.1) is 19.1 Å². The number of benzene rings is 1. The number of esters is 1. The molecule has 6 nitrogen and oxygen atoms in total. The van der Waals surface area contributed by atoms with Crippen molar-refractivity contribution in [2.24, 2.45) is 10.9 Å². The van der Waals surface area contributed by atoms with E-state index in [-0.39, 0.29) is 30.1 Å². The molecule has 1 aliphatic rings. The minimum Gasteiger partial charge on any atom is -0.469 e. The Labute approximate surface area is 175 Å². The first-order chi connectivity index (χ1) is 14.0. The predicted octanol–water partition coefficient (Wildman–Crippen LogP) is 3.26. The van der Waals surface area contributed by atoms with E-state index in [1.54, 1.807) is 0 Å². The van der Waals surface area contributed by atoms with Crippen LogP contribution in [-0.4, -0.2) is 61.8 Å². The first-order valence-corrected chi connectivity index (χ1v) is 10.8. The van der Waals surface area contributed by atoms with Crippen molar-refractivity contribution in [3.8, 4) is 0 Å². The maximum Gasteiger partial charge on any atom is 0.312 e. The van der Waals surface area contributed by atoms with Crippen LogP contribution in [0, 0.1) is 5.92 Å². The maximum atomic E-state index is 12.6. The Morgan fingerprint density at radius 3 is 2.62 bits per heavy atom. The molecule has 3 atom stereocenters. The minimum atomic E-state index is -0.230. The highest BCUT2D eigenvalue weighted by atomic mass is 16.5. The molecule has 162 valence electrons. The van der Waals surface area contributed by atoms with Gasteiger partial charge in [-0.15, -0.1) is 0 Å². The van der Waals surface area contributed by atoms with E-state index >= 15 is 0 Å². The summed E-state index contributed by atoms with van der Waals surface area (Å²) in [5.41, 5.74) is 1.27. The fourth-order valence-electron chi connectivity index (χ4n) is 3.92. The highest BCUT2D eigenvalue weighted by Crippen LogP contribution is 2.25. The van der Waals surface area contributed by atoms with Gasteiger partial charge in [-0.1, -0.05) is 30.3 Å². The molecule has 0 unspecified atom stereocenters. The second kappa shape index (κ2) is 11.8. The van der Waals surface area contributed by atoms with Gasteiger partial charge in [0.15, 0.2) is 5.96 Å². The fourth-order valence-corrected chi connectivity index (χ4v) is 3.92. The highest BCUT2D eigenvalue weighted by Gasteiger charge is 2.42. The Hall–Kier alpha value is -2.08. The van der Waals surface area contributed by atoms with Gasteiger partial charge >= 0.3 is 5.97 Å². The van der Waals surface area contributed by atoms with Gasteiger partial charge in [0, 0.05) is 31.8 Å². The summed E-state index contributed by atoms with van der Waals surface area (Å²) in [5, 5.41) is 3.55. The number of aliphatic imine (C=N–C) groups is 1. The van der Waals surface area contributed by atoms with Gasteiger partial charge in [-0.3, -0.25) is 9.79 Å². The lowest BCUT2D eigenvalue weighted by Gasteiger charge is -2.45. The zero-order valence-electron chi connectivity index (χ0n) is 18.6. The van der Waals surface area contributed by atoms with Crippen molar-refractivity contribution in [2.75, 3.05) is 26.8 Å². The van der Waals surface area contributed by atoms with Crippen LogP contribution in [0.5, 0.6) is 0 Å². The van der Waals surface area contributed by atoms with Gasteiger partial charge in [0.2, 0.25) is 0 Å². The Kier molecular flexibility index (Phi) is 9.45. The number of carbonyl (C=O) groups is 1. The van der Waals surface area contributed by atoms with Gasteiger partial charge in [0.1, 0.15) is 0 Å². The molecule has 1 aromatic rings. The van der Waals surface area contributed by atoms with Crippen molar-refractivity contribution in [2.45, 2.75) is 65.1 Å². The van der Waals surface area contributed by atoms with Crippen molar-refractivity contribution in [3.63, 3.8) is 0 Å². The number of methoxy groups -OCH3 is 1. The molecule has 1 aromatic carbocycles. The van der Waals surface area contributed by atoms with Gasteiger partial charge in [-0.2, -0.15) is 0 Å². The van der Waals surface area contributed by atoms with Crippen LogP contribution >= 0.6 is 0 Å². The molecule has 6 heteroatoms. The second-order valence-electron chi connectivity index (χ2n) is 7.83. The monoisotopic (exact) mass is 403 g/mol. The molecule has 29 heavy (non-hydrogen) atoms. The SMILES string of the molecule is CCN1C(=NCCCOC(C)C)N[C@@H](CCc2ccccc2)[C@H](C(=O)OC)[C@H]1C. The number of carbonyl (C=O) groups excluding carboxylic acids is 1. The number of ether oxygens (including phenoxy) is 2. The largest absolute Gasteiger partial charge is 0.469 e. The summed E-state index contributed by atoms with van der Waals surface area (Å²) in [4.78, 5) is 19.6. The molecule has 1 fully saturated rings. The van der Waals surface area contributed by atoms with E-state index in [1.807, 2.05) is 19.9 Å². The van der Waals surface area contributed by atoms with Crippen LogP contribution in [0.2, 0.25) is 0 Å². The van der Waals surface area contributed by atoms with Crippen LogP contribution in [-0.2, 0) is 20.7 Å². The molecular formula is C23H37N3O3. The van der Waals surface area contributed by atoms with E-state index in [0.717, 1.165) is 31.8 Å². The summed E-state index contributed by atoms with van der Waals surface area (Å²) in [5.74, 6) is 0.487. The summed E-state index contributed by atoms with van der Waals surface area (Å²) >= 11 is 0. The Bertz CT molecular complexity index is 648. The van der Waals surface area contributed by atoms with Crippen LogP contribution < -0.4 is 5.32 Å². The molecule has 0 spiro atoms. The number of nitrogens with zero attached hydrogens (tertiary/aromatic N) is 2. The van der Waals surface area contributed by atoms with Crippen molar-refractivity contribution in [1.82, 2.24) is 10.2 Å². The Balaban J connectivity index is 2.10. The molecule has 0 saturated carbocycles. The van der Waals surface area contributed by atoms with Gasteiger partial charge in [0.25, 0.3) is 0 Å². The molecule has 0 amide bonds. The number of aryl methyl sites for hydroxylation is 1. The molecule has 2 rings (SSSR count). The third-order valence-corrected chi connectivity index (χ3v) is 5.45. The molecule has 0 bridgehead atoms. The maximum absolute atomic E-state index is 12.6. The van der Waals surface area contributed by atoms with Crippen molar-refractivity contribution >= 4 is 11.9 Å². The molecular weight excluding hydrogens is 366 g/mol. The smallest absolute Gasteiger partial charge is 0.312 e. The van der Waals surface area contributed by atoms with Gasteiger partial charge in [-0.25, -0.2) is 0 Å². The zero-order chi connectivity index (χ0) is 21.2. The molecule has 1 saturated heterocycles. The normalized spacial score (nSPS) is 23.3. The lowest BCUT2D eigenvalue weighted by Crippen LogP contribution is -2.63. The summed E-state index contributed by atoms with van der Waals surface area (Å²) in [6.07, 6.45) is 2.87. The average molecular weight is 404 g/mol. The fraction of sp³-hybridized carbons (Fsp3) is 0.652. The van der Waals surface area contributed by atoms with E-state index in [0.29, 0.717) is 13.2 Å². The molecule has 0 aliphatic carbocycles. The summed E-state index contributed by atoms with van der Waals surface area (Å²) in [6, 6.07) is 10.4. The van der Waals surface area contributed by atoms with E-state index in [1.165, 1.54) is 12.7 Å². The molecule has 1 N–H and O–H groups in total. The molecule has 1 heterocycles. The Morgan fingerprint density at radius 2 is 2.00 bits per heavy atom. The van der Waals surface area contributed by atoms with Crippen molar-refractivity contribution in [1.29, 1.82) is 0 Å². The highest BCUT2D eigenvalue weighted by molar-refractivity contribution is 5.85. The molecule has 0 aromatic heterocycles. The number of rotatable bonds is 10. The lowest BCUT2D eigenvalue weighted by molar-refractivity contribution is -0.149. The second-order valence-corrected chi connectivity index (χ2v) is 7.83. The van der Waals surface area contributed by atoms with Crippen LogP contribution in [0.4, 0.5) is 0 Å². The standard InChI is InChI=1S/C23H37N3O3/c1-6-26-18(4)21(22(27)28-5)20(14-13-19-11-8-7-9-12-19)25-23(26)24-15-10-16-29-17(2)3/h7-9,11-12,17-18,20-21H,6,10,13-16H2,1-5H3,(H,24,25)/t18-,20+,21-/m1/s1. The number of guanidine groups is 1. The third-order valence-electron chi connectivity index (χ3n) is 5.45. The summed E-state index contributed by atoms with van der Waals surface area (Å²) in [6.45, 7) is 10.5. The van der Waals surface area contributed by atoms with E-state index in [4.69, 9.17) is 14.5 Å². The van der Waals surface area contributed by atoms with Crippen LogP contribution in [0.25, 0.3) is 0 Å². The lowest BCUT2D eigenvalue weighted by atomic mass is 9.85. The molecule has 1 aliphatic heterocycles. The zero-order valence-corrected chi connectivity index (χ0v) is 18.6. The van der Waals surface area contributed by atoms with Crippen LogP contribution in [0.3, 0.4) is 0 Å². The Morgan fingerprint density at radius 1 is 1.28 bits per heavy atom. The number of hydrogen-bond donors (Lipinski definition) is 1. The number of nitrogens with one attached hydrogen (secondary N) is 1. The predicted molar refractivity (Wildman–Crippen MR) is 117 cm³/mol. The van der Waals surface area contributed by atoms with Gasteiger partial charge in [-0.05, 0) is 52.5 Å². The first-order valence-electron chi connectivity index (χ1n) is 10.8. The van der Waals surface area contributed by atoms with Crippen LogP contribution in [0.1, 0.15) is 46.1 Å². The summed E-state index contributed by atoms with van der Waals surface area (Å²) < 4.78 is 10.8. The van der Waals surface area contributed by atoms with Gasteiger partial charge < -0.3 is 19.7 Å². The minimum absolute atomic E-state index is 0.00822.